The number of nitrogens with zero attached hydrogens (tertiary/aromatic N) is 1. The van der Waals surface area contributed by atoms with Crippen LogP contribution < -0.4 is 9.47 Å². The maximum Gasteiger partial charge on any atom is 0.172 e. The van der Waals surface area contributed by atoms with E-state index in [-0.39, 0.29) is 5.78 Å². The molecular weight excluding hydrogens is 194 g/mol. The highest BCUT2D eigenvalue weighted by atomic mass is 16.5. The number of methoxy groups -OCH3 is 1. The van der Waals surface area contributed by atoms with E-state index < -0.39 is 0 Å². The van der Waals surface area contributed by atoms with E-state index >= 15 is 0 Å². The molecule has 1 aromatic carbocycles. The first-order valence-corrected chi connectivity index (χ1v) is 4.54. The topological polar surface area (TPSA) is 59.3 Å². The molecule has 0 aromatic heterocycles. The molecule has 0 saturated heterocycles. The van der Waals surface area contributed by atoms with Gasteiger partial charge in [-0.15, -0.1) is 0 Å². The lowest BCUT2D eigenvalue weighted by molar-refractivity contribution is 0.0930. The van der Waals surface area contributed by atoms with Gasteiger partial charge in [0.25, 0.3) is 0 Å². The largest absolute Gasteiger partial charge is 0.493 e. The van der Waals surface area contributed by atoms with E-state index in [1.807, 2.05) is 6.07 Å². The number of carbonyl (C=O) groups excluding carboxylic acids is 1. The Bertz CT molecular complexity index is 460. The standard InChI is InChI=1S/C11H9NO3/c1-14-10-5-7(6-12)4-8-9(13)2-3-15-11(8)10/h4-5H,2-3H2,1H3. The lowest BCUT2D eigenvalue weighted by Crippen LogP contribution is -2.16. The predicted octanol–water partition coefficient (Wildman–Crippen LogP) is 1.53. The predicted molar refractivity (Wildman–Crippen MR) is 52.2 cm³/mol. The van der Waals surface area contributed by atoms with Crippen LogP contribution in [0.3, 0.4) is 0 Å². The van der Waals surface area contributed by atoms with Crippen molar-refractivity contribution in [2.24, 2.45) is 0 Å². The molecule has 0 radical (unpaired) electrons. The number of Topliss-reactive ketones (excluding diaryl/α,β-unsaturated/α-hetero) is 1. The maximum atomic E-state index is 11.6. The second-order valence-electron chi connectivity index (χ2n) is 3.19. The molecule has 0 bridgehead atoms. The molecule has 1 aliphatic heterocycles. The summed E-state index contributed by atoms with van der Waals surface area (Å²) in [6.45, 7) is 0.369. The van der Waals surface area contributed by atoms with Gasteiger partial charge in [-0.05, 0) is 6.07 Å². The van der Waals surface area contributed by atoms with Gasteiger partial charge in [0.2, 0.25) is 0 Å². The molecule has 2 rings (SSSR count). The van der Waals surface area contributed by atoms with Gasteiger partial charge in [-0.2, -0.15) is 5.26 Å². The number of ether oxygens (including phenoxy) is 2. The van der Waals surface area contributed by atoms with Gasteiger partial charge in [0, 0.05) is 12.5 Å². The van der Waals surface area contributed by atoms with E-state index in [4.69, 9.17) is 14.7 Å². The van der Waals surface area contributed by atoms with Gasteiger partial charge in [0.05, 0.1) is 30.9 Å². The molecule has 4 heteroatoms. The quantitative estimate of drug-likeness (QED) is 0.694. The summed E-state index contributed by atoms with van der Waals surface area (Å²) in [4.78, 5) is 11.6. The Kier molecular flexibility index (Phi) is 2.30. The van der Waals surface area contributed by atoms with Gasteiger partial charge in [-0.3, -0.25) is 4.79 Å². The normalized spacial score (nSPS) is 13.7. The molecule has 1 aromatic rings. The number of benzene rings is 1. The molecule has 0 N–H and O–H groups in total. The van der Waals surface area contributed by atoms with Crippen molar-refractivity contribution in [3.63, 3.8) is 0 Å². The van der Waals surface area contributed by atoms with E-state index in [9.17, 15) is 4.79 Å². The highest BCUT2D eigenvalue weighted by molar-refractivity contribution is 6.00. The first-order valence-electron chi connectivity index (χ1n) is 4.54. The Morgan fingerprint density at radius 1 is 1.53 bits per heavy atom. The minimum Gasteiger partial charge on any atom is -0.493 e. The van der Waals surface area contributed by atoms with Crippen LogP contribution >= 0.6 is 0 Å². The van der Waals surface area contributed by atoms with Crippen molar-refractivity contribution in [1.29, 1.82) is 5.26 Å². The Hall–Kier alpha value is -2.02. The van der Waals surface area contributed by atoms with Crippen LogP contribution in [0.15, 0.2) is 12.1 Å². The lowest BCUT2D eigenvalue weighted by atomic mass is 10.0. The fourth-order valence-corrected chi connectivity index (χ4v) is 1.55. The van der Waals surface area contributed by atoms with Crippen LogP contribution in [0.2, 0.25) is 0 Å². The van der Waals surface area contributed by atoms with Crippen molar-refractivity contribution < 1.29 is 14.3 Å². The Morgan fingerprint density at radius 2 is 2.33 bits per heavy atom. The number of carbonyl (C=O) groups is 1. The molecule has 0 saturated carbocycles. The summed E-state index contributed by atoms with van der Waals surface area (Å²) in [7, 11) is 1.49. The van der Waals surface area contributed by atoms with Crippen LogP contribution in [0.1, 0.15) is 22.3 Å². The molecular formula is C11H9NO3. The number of hydrogen-bond acceptors (Lipinski definition) is 4. The SMILES string of the molecule is COc1cc(C#N)cc2c1OCCC2=O. The second kappa shape index (κ2) is 3.62. The van der Waals surface area contributed by atoms with Crippen molar-refractivity contribution in [1.82, 2.24) is 0 Å². The molecule has 0 amide bonds. The van der Waals surface area contributed by atoms with Crippen LogP contribution in [0.5, 0.6) is 11.5 Å². The van der Waals surface area contributed by atoms with E-state index in [0.717, 1.165) is 0 Å². The van der Waals surface area contributed by atoms with Gasteiger partial charge >= 0.3 is 0 Å². The average Bonchev–Trinajstić information content (AvgIpc) is 2.28. The fraction of sp³-hybridized carbons (Fsp3) is 0.273. The first kappa shape index (κ1) is 9.53. The van der Waals surface area contributed by atoms with Gasteiger partial charge in [0.15, 0.2) is 17.3 Å². The van der Waals surface area contributed by atoms with E-state index in [1.54, 1.807) is 12.1 Å². The summed E-state index contributed by atoms with van der Waals surface area (Å²) in [5.41, 5.74) is 0.849. The van der Waals surface area contributed by atoms with Crippen molar-refractivity contribution in [2.45, 2.75) is 6.42 Å². The summed E-state index contributed by atoms with van der Waals surface area (Å²) < 4.78 is 10.4. The average molecular weight is 203 g/mol. The van der Waals surface area contributed by atoms with Crippen LogP contribution in [0, 0.1) is 11.3 Å². The molecule has 0 atom stereocenters. The van der Waals surface area contributed by atoms with Crippen LogP contribution in [-0.2, 0) is 0 Å². The third-order valence-electron chi connectivity index (χ3n) is 2.28. The number of fused-ring (bicyclic) bond motifs is 1. The fourth-order valence-electron chi connectivity index (χ4n) is 1.55. The van der Waals surface area contributed by atoms with Crippen molar-refractivity contribution in [2.75, 3.05) is 13.7 Å². The van der Waals surface area contributed by atoms with Crippen LogP contribution in [-0.4, -0.2) is 19.5 Å². The van der Waals surface area contributed by atoms with Gasteiger partial charge in [0.1, 0.15) is 0 Å². The second-order valence-corrected chi connectivity index (χ2v) is 3.19. The minimum atomic E-state index is -0.00773. The summed E-state index contributed by atoms with van der Waals surface area (Å²) in [6, 6.07) is 5.09. The maximum absolute atomic E-state index is 11.6. The molecule has 15 heavy (non-hydrogen) atoms. The summed E-state index contributed by atoms with van der Waals surface area (Å²) in [5, 5.41) is 8.79. The smallest absolute Gasteiger partial charge is 0.172 e. The zero-order valence-corrected chi connectivity index (χ0v) is 8.24. The number of ketones is 1. The monoisotopic (exact) mass is 203 g/mol. The van der Waals surface area contributed by atoms with Crippen LogP contribution in [0.4, 0.5) is 0 Å². The van der Waals surface area contributed by atoms with Gasteiger partial charge in [-0.1, -0.05) is 0 Å². The minimum absolute atomic E-state index is 0.00773. The van der Waals surface area contributed by atoms with Gasteiger partial charge < -0.3 is 9.47 Å². The molecule has 4 nitrogen and oxygen atoms in total. The Labute approximate surface area is 87.0 Å². The molecule has 0 spiro atoms. The van der Waals surface area contributed by atoms with Crippen molar-refractivity contribution >= 4 is 5.78 Å². The third kappa shape index (κ3) is 1.52. The molecule has 0 unspecified atom stereocenters. The lowest BCUT2D eigenvalue weighted by Gasteiger charge is -2.18. The van der Waals surface area contributed by atoms with Crippen molar-refractivity contribution in [3.8, 4) is 17.6 Å². The summed E-state index contributed by atoms with van der Waals surface area (Å²) >= 11 is 0. The molecule has 0 aliphatic carbocycles. The van der Waals surface area contributed by atoms with E-state index in [0.29, 0.717) is 35.7 Å². The summed E-state index contributed by atoms with van der Waals surface area (Å²) in [5.74, 6) is 0.886. The highest BCUT2D eigenvalue weighted by Crippen LogP contribution is 2.35. The number of nitriles is 1. The molecule has 1 aliphatic rings. The molecule has 0 fully saturated rings. The molecule has 76 valence electrons. The van der Waals surface area contributed by atoms with E-state index in [2.05, 4.69) is 0 Å². The van der Waals surface area contributed by atoms with Gasteiger partial charge in [-0.25, -0.2) is 0 Å². The number of hydrogen-bond donors (Lipinski definition) is 0. The first-order chi connectivity index (χ1) is 7.26. The third-order valence-corrected chi connectivity index (χ3v) is 2.28. The number of rotatable bonds is 1. The Morgan fingerprint density at radius 3 is 3.00 bits per heavy atom. The Balaban J connectivity index is 2.63. The summed E-state index contributed by atoms with van der Waals surface area (Å²) in [6.07, 6.45) is 0.352. The van der Waals surface area contributed by atoms with Crippen molar-refractivity contribution in [3.05, 3.63) is 23.3 Å². The van der Waals surface area contributed by atoms with Crippen LogP contribution in [0.25, 0.3) is 0 Å². The zero-order chi connectivity index (χ0) is 10.8. The van der Waals surface area contributed by atoms with E-state index in [1.165, 1.54) is 7.11 Å². The highest BCUT2D eigenvalue weighted by Gasteiger charge is 2.23. The molecule has 1 heterocycles. The zero-order valence-electron chi connectivity index (χ0n) is 8.24.